The SMILES string of the molecule is O=C(/C=C/c1ccccc1)NNC(=O)C[C@H]1CCS(=O)(=O)C1. The van der Waals surface area contributed by atoms with Gasteiger partial charge in [0, 0.05) is 12.5 Å². The molecule has 2 amide bonds. The van der Waals surface area contributed by atoms with Crippen LogP contribution in [0.25, 0.3) is 6.08 Å². The molecule has 2 N–H and O–H groups in total. The minimum Gasteiger partial charge on any atom is -0.273 e. The van der Waals surface area contributed by atoms with Crippen molar-refractivity contribution in [1.29, 1.82) is 0 Å². The van der Waals surface area contributed by atoms with Crippen LogP contribution in [0, 0.1) is 5.92 Å². The molecule has 1 aromatic rings. The van der Waals surface area contributed by atoms with Gasteiger partial charge >= 0.3 is 0 Å². The zero-order chi connectivity index (χ0) is 16.0. The van der Waals surface area contributed by atoms with Crippen LogP contribution in [0.3, 0.4) is 0 Å². The fraction of sp³-hybridized carbons (Fsp3) is 0.333. The number of carbonyl (C=O) groups excluding carboxylic acids is 2. The fourth-order valence-electron chi connectivity index (χ4n) is 2.26. The molecule has 1 saturated heterocycles. The molecule has 0 spiro atoms. The van der Waals surface area contributed by atoms with Crippen LogP contribution in [0.2, 0.25) is 0 Å². The Morgan fingerprint density at radius 1 is 1.18 bits per heavy atom. The first-order valence-electron chi connectivity index (χ1n) is 6.97. The maximum atomic E-state index is 11.6. The molecule has 1 atom stereocenters. The Labute approximate surface area is 129 Å². The average molecular weight is 322 g/mol. The lowest BCUT2D eigenvalue weighted by molar-refractivity contribution is -0.127. The highest BCUT2D eigenvalue weighted by atomic mass is 32.2. The molecule has 0 aliphatic carbocycles. The number of nitrogens with one attached hydrogen (secondary N) is 2. The second-order valence-electron chi connectivity index (χ2n) is 5.25. The molecular weight excluding hydrogens is 304 g/mol. The van der Waals surface area contributed by atoms with Crippen molar-refractivity contribution in [1.82, 2.24) is 10.9 Å². The van der Waals surface area contributed by atoms with Gasteiger partial charge in [-0.1, -0.05) is 30.3 Å². The van der Waals surface area contributed by atoms with Crippen LogP contribution in [0.4, 0.5) is 0 Å². The lowest BCUT2D eigenvalue weighted by atomic mass is 10.1. The molecule has 0 saturated carbocycles. The molecule has 2 rings (SSSR count). The van der Waals surface area contributed by atoms with Crippen molar-refractivity contribution in [3.8, 4) is 0 Å². The van der Waals surface area contributed by atoms with Gasteiger partial charge < -0.3 is 0 Å². The van der Waals surface area contributed by atoms with E-state index in [1.165, 1.54) is 6.08 Å². The zero-order valence-electron chi connectivity index (χ0n) is 12.0. The molecular formula is C15H18N2O4S. The number of benzene rings is 1. The number of carbonyl (C=O) groups is 2. The second-order valence-corrected chi connectivity index (χ2v) is 7.48. The highest BCUT2D eigenvalue weighted by Gasteiger charge is 2.29. The Bertz CT molecular complexity index is 668. The monoisotopic (exact) mass is 322 g/mol. The van der Waals surface area contributed by atoms with Gasteiger partial charge in [0.25, 0.3) is 5.91 Å². The van der Waals surface area contributed by atoms with Crippen LogP contribution in [-0.2, 0) is 19.4 Å². The smallest absolute Gasteiger partial charge is 0.262 e. The molecule has 0 radical (unpaired) electrons. The van der Waals surface area contributed by atoms with Crippen molar-refractivity contribution < 1.29 is 18.0 Å². The summed E-state index contributed by atoms with van der Waals surface area (Å²) in [6.45, 7) is 0. The van der Waals surface area contributed by atoms with Gasteiger partial charge in [0.15, 0.2) is 9.84 Å². The van der Waals surface area contributed by atoms with Gasteiger partial charge in [-0.05, 0) is 24.0 Å². The number of rotatable bonds is 4. The standard InChI is InChI=1S/C15H18N2O4S/c18-14(7-6-12-4-2-1-3-5-12)16-17-15(19)10-13-8-9-22(20,21)11-13/h1-7,13H,8-11H2,(H,16,18)(H,17,19)/b7-6+/t13-/m1/s1. The van der Waals surface area contributed by atoms with Crippen molar-refractivity contribution in [3.05, 3.63) is 42.0 Å². The summed E-state index contributed by atoms with van der Waals surface area (Å²) in [5.74, 6) is -0.819. The van der Waals surface area contributed by atoms with Crippen molar-refractivity contribution >= 4 is 27.7 Å². The molecule has 22 heavy (non-hydrogen) atoms. The van der Waals surface area contributed by atoms with E-state index in [1.807, 2.05) is 30.3 Å². The molecule has 1 aliphatic heterocycles. The quantitative estimate of drug-likeness (QED) is 0.629. The third-order valence-electron chi connectivity index (χ3n) is 3.35. The highest BCUT2D eigenvalue weighted by molar-refractivity contribution is 7.91. The van der Waals surface area contributed by atoms with E-state index in [9.17, 15) is 18.0 Å². The highest BCUT2D eigenvalue weighted by Crippen LogP contribution is 2.21. The first-order valence-corrected chi connectivity index (χ1v) is 8.79. The Morgan fingerprint density at radius 3 is 2.55 bits per heavy atom. The molecule has 0 aromatic heterocycles. The molecule has 1 aliphatic rings. The van der Waals surface area contributed by atoms with E-state index in [0.717, 1.165) is 5.56 Å². The van der Waals surface area contributed by atoms with E-state index < -0.39 is 15.7 Å². The Morgan fingerprint density at radius 2 is 1.91 bits per heavy atom. The van der Waals surface area contributed by atoms with Gasteiger partial charge in [0.05, 0.1) is 11.5 Å². The maximum Gasteiger partial charge on any atom is 0.262 e. The summed E-state index contributed by atoms with van der Waals surface area (Å²) in [6, 6.07) is 9.29. The zero-order valence-corrected chi connectivity index (χ0v) is 12.8. The van der Waals surface area contributed by atoms with Crippen LogP contribution in [0.15, 0.2) is 36.4 Å². The van der Waals surface area contributed by atoms with E-state index in [0.29, 0.717) is 6.42 Å². The van der Waals surface area contributed by atoms with Crippen LogP contribution in [0.5, 0.6) is 0 Å². The number of hydrogen-bond acceptors (Lipinski definition) is 4. The van der Waals surface area contributed by atoms with Gasteiger partial charge in [-0.3, -0.25) is 20.4 Å². The molecule has 1 aromatic carbocycles. The Balaban J connectivity index is 1.72. The number of hydrogen-bond donors (Lipinski definition) is 2. The van der Waals surface area contributed by atoms with Crippen molar-refractivity contribution in [2.75, 3.05) is 11.5 Å². The van der Waals surface area contributed by atoms with E-state index in [2.05, 4.69) is 10.9 Å². The fourth-order valence-corrected chi connectivity index (χ4v) is 4.12. The van der Waals surface area contributed by atoms with Gasteiger partial charge in [0.1, 0.15) is 0 Å². The molecule has 7 heteroatoms. The number of sulfone groups is 1. The third-order valence-corrected chi connectivity index (χ3v) is 5.19. The van der Waals surface area contributed by atoms with E-state index in [1.54, 1.807) is 6.08 Å². The van der Waals surface area contributed by atoms with E-state index in [4.69, 9.17) is 0 Å². The van der Waals surface area contributed by atoms with Crippen LogP contribution in [-0.4, -0.2) is 31.7 Å². The van der Waals surface area contributed by atoms with Crippen LogP contribution < -0.4 is 10.9 Å². The average Bonchev–Trinajstić information content (AvgIpc) is 2.83. The summed E-state index contributed by atoms with van der Waals surface area (Å²) < 4.78 is 22.6. The van der Waals surface area contributed by atoms with Gasteiger partial charge in [-0.15, -0.1) is 0 Å². The van der Waals surface area contributed by atoms with Gasteiger partial charge in [0.2, 0.25) is 5.91 Å². The largest absolute Gasteiger partial charge is 0.273 e. The summed E-state index contributed by atoms with van der Waals surface area (Å²) in [7, 11) is -2.99. The van der Waals surface area contributed by atoms with E-state index in [-0.39, 0.29) is 29.8 Å². The number of amides is 2. The minimum atomic E-state index is -2.99. The second kappa shape index (κ2) is 7.22. The summed E-state index contributed by atoms with van der Waals surface area (Å²) in [6.07, 6.45) is 3.54. The normalized spacial score (nSPS) is 19.9. The van der Waals surface area contributed by atoms with E-state index >= 15 is 0 Å². The summed E-state index contributed by atoms with van der Waals surface area (Å²) >= 11 is 0. The van der Waals surface area contributed by atoms with Crippen molar-refractivity contribution in [3.63, 3.8) is 0 Å². The van der Waals surface area contributed by atoms with Crippen LogP contribution in [0.1, 0.15) is 18.4 Å². The predicted octanol–water partition coefficient (Wildman–Crippen LogP) is 0.672. The topological polar surface area (TPSA) is 92.3 Å². The number of hydrazine groups is 1. The molecule has 118 valence electrons. The first-order chi connectivity index (χ1) is 10.4. The molecule has 1 heterocycles. The Hall–Kier alpha value is -2.15. The third kappa shape index (κ3) is 5.33. The summed E-state index contributed by atoms with van der Waals surface area (Å²) in [5.41, 5.74) is 5.44. The Kier molecular flexibility index (Phi) is 5.32. The lowest BCUT2D eigenvalue weighted by Crippen LogP contribution is -2.41. The minimum absolute atomic E-state index is 0.0439. The first kappa shape index (κ1) is 16.2. The van der Waals surface area contributed by atoms with Crippen molar-refractivity contribution in [2.45, 2.75) is 12.8 Å². The molecule has 0 unspecified atom stereocenters. The summed E-state index contributed by atoms with van der Waals surface area (Å²) in [5, 5.41) is 0. The van der Waals surface area contributed by atoms with Gasteiger partial charge in [-0.25, -0.2) is 8.42 Å². The molecule has 6 nitrogen and oxygen atoms in total. The molecule has 1 fully saturated rings. The predicted molar refractivity (Wildman–Crippen MR) is 83.1 cm³/mol. The lowest BCUT2D eigenvalue weighted by Gasteiger charge is -2.08. The summed E-state index contributed by atoms with van der Waals surface area (Å²) in [4.78, 5) is 23.2. The molecule has 0 bridgehead atoms. The van der Waals surface area contributed by atoms with Crippen LogP contribution >= 0.6 is 0 Å². The maximum absolute atomic E-state index is 11.6. The van der Waals surface area contributed by atoms with Gasteiger partial charge in [-0.2, -0.15) is 0 Å². The van der Waals surface area contributed by atoms with Crippen molar-refractivity contribution in [2.24, 2.45) is 5.92 Å².